The van der Waals surface area contributed by atoms with Crippen molar-refractivity contribution in [2.75, 3.05) is 20.3 Å². The summed E-state index contributed by atoms with van der Waals surface area (Å²) in [7, 11) is 1.79. The summed E-state index contributed by atoms with van der Waals surface area (Å²) < 4.78 is 5.25. The summed E-state index contributed by atoms with van der Waals surface area (Å²) in [6.45, 7) is 6.32. The van der Waals surface area contributed by atoms with E-state index < -0.39 is 0 Å². The van der Waals surface area contributed by atoms with Gasteiger partial charge in [-0.3, -0.25) is 4.90 Å². The van der Waals surface area contributed by atoms with Gasteiger partial charge in [-0.1, -0.05) is 0 Å². The first-order valence-electron chi connectivity index (χ1n) is 7.81. The molecule has 2 aliphatic rings. The number of thiophene rings is 1. The molecule has 0 radical (unpaired) electrons. The number of nitrogens with one attached hydrogen (secondary N) is 1. The van der Waals surface area contributed by atoms with Crippen molar-refractivity contribution < 1.29 is 4.74 Å². The van der Waals surface area contributed by atoms with Gasteiger partial charge in [0, 0.05) is 48.6 Å². The van der Waals surface area contributed by atoms with E-state index in [1.807, 2.05) is 11.3 Å². The van der Waals surface area contributed by atoms with Gasteiger partial charge in [-0.15, -0.1) is 11.3 Å². The zero-order valence-electron chi connectivity index (χ0n) is 12.7. The maximum atomic E-state index is 5.25. The molecule has 1 aromatic heterocycles. The van der Waals surface area contributed by atoms with Gasteiger partial charge in [0.15, 0.2) is 0 Å². The van der Waals surface area contributed by atoms with E-state index in [0.717, 1.165) is 38.3 Å². The maximum Gasteiger partial charge on any atom is 0.0589 e. The fourth-order valence-electron chi connectivity index (χ4n) is 2.62. The highest BCUT2D eigenvalue weighted by Gasteiger charge is 2.29. The second-order valence-corrected chi connectivity index (χ2v) is 7.48. The standard InChI is InChI=1S/C16H26N2OS/c1-12-13(9-16(20-12)10-17-14-3-4-14)11-18(7-8-19-2)15-5-6-15/h9,14-15,17H,3-8,10-11H2,1-2H3. The molecule has 3 rings (SSSR count). The second kappa shape index (κ2) is 6.56. The van der Waals surface area contributed by atoms with Gasteiger partial charge < -0.3 is 10.1 Å². The number of rotatable bonds is 9. The third kappa shape index (κ3) is 4.04. The van der Waals surface area contributed by atoms with Crippen molar-refractivity contribution in [1.82, 2.24) is 10.2 Å². The van der Waals surface area contributed by atoms with Crippen LogP contribution < -0.4 is 5.32 Å². The van der Waals surface area contributed by atoms with E-state index in [-0.39, 0.29) is 0 Å². The van der Waals surface area contributed by atoms with Crippen LogP contribution in [-0.4, -0.2) is 37.2 Å². The molecule has 2 saturated carbocycles. The van der Waals surface area contributed by atoms with Crippen LogP contribution in [0.25, 0.3) is 0 Å². The smallest absolute Gasteiger partial charge is 0.0589 e. The van der Waals surface area contributed by atoms with Gasteiger partial charge in [-0.05, 0) is 44.2 Å². The summed E-state index contributed by atoms with van der Waals surface area (Å²) in [5, 5.41) is 3.61. The summed E-state index contributed by atoms with van der Waals surface area (Å²) in [5.74, 6) is 0. The van der Waals surface area contributed by atoms with Crippen LogP contribution in [0.3, 0.4) is 0 Å². The summed E-state index contributed by atoms with van der Waals surface area (Å²) in [6, 6.07) is 4.01. The molecular weight excluding hydrogens is 268 g/mol. The Labute approximate surface area is 126 Å². The normalized spacial score (nSPS) is 18.9. The number of hydrogen-bond donors (Lipinski definition) is 1. The lowest BCUT2D eigenvalue weighted by molar-refractivity contribution is 0.139. The van der Waals surface area contributed by atoms with Crippen LogP contribution in [0.4, 0.5) is 0 Å². The second-order valence-electron chi connectivity index (χ2n) is 6.14. The van der Waals surface area contributed by atoms with E-state index in [4.69, 9.17) is 4.74 Å². The summed E-state index contributed by atoms with van der Waals surface area (Å²) in [5.41, 5.74) is 1.52. The molecule has 0 amide bonds. The summed E-state index contributed by atoms with van der Waals surface area (Å²) >= 11 is 1.96. The topological polar surface area (TPSA) is 24.5 Å². The monoisotopic (exact) mass is 294 g/mol. The molecule has 0 aliphatic heterocycles. The van der Waals surface area contributed by atoms with Crippen LogP contribution in [0.2, 0.25) is 0 Å². The molecule has 1 heterocycles. The van der Waals surface area contributed by atoms with Crippen LogP contribution in [-0.2, 0) is 17.8 Å². The summed E-state index contributed by atoms with van der Waals surface area (Å²) in [4.78, 5) is 5.57. The number of ether oxygens (including phenoxy) is 1. The molecule has 0 atom stereocenters. The zero-order chi connectivity index (χ0) is 13.9. The first-order valence-corrected chi connectivity index (χ1v) is 8.62. The average Bonchev–Trinajstić information content (AvgIpc) is 3.33. The quantitative estimate of drug-likeness (QED) is 0.758. The molecule has 4 heteroatoms. The maximum absolute atomic E-state index is 5.25. The van der Waals surface area contributed by atoms with Crippen molar-refractivity contribution in [3.8, 4) is 0 Å². The Kier molecular flexibility index (Phi) is 4.76. The van der Waals surface area contributed by atoms with Crippen LogP contribution in [0.5, 0.6) is 0 Å². The molecule has 1 aromatic rings. The van der Waals surface area contributed by atoms with E-state index in [2.05, 4.69) is 23.2 Å². The lowest BCUT2D eigenvalue weighted by atomic mass is 10.2. The third-order valence-electron chi connectivity index (χ3n) is 4.23. The first kappa shape index (κ1) is 14.5. The van der Waals surface area contributed by atoms with E-state index in [9.17, 15) is 0 Å². The predicted octanol–water partition coefficient (Wildman–Crippen LogP) is 2.92. The van der Waals surface area contributed by atoms with Gasteiger partial charge in [0.1, 0.15) is 0 Å². The van der Waals surface area contributed by atoms with E-state index in [1.165, 1.54) is 41.0 Å². The number of nitrogens with zero attached hydrogens (tertiary/aromatic N) is 1. The predicted molar refractivity (Wildman–Crippen MR) is 84.2 cm³/mol. The lowest BCUT2D eigenvalue weighted by Gasteiger charge is -2.21. The minimum Gasteiger partial charge on any atom is -0.383 e. The molecule has 0 spiro atoms. The van der Waals surface area contributed by atoms with Gasteiger partial charge in [-0.25, -0.2) is 0 Å². The highest BCUT2D eigenvalue weighted by molar-refractivity contribution is 7.12. The Hall–Kier alpha value is -0.420. The Balaban J connectivity index is 1.56. The van der Waals surface area contributed by atoms with Crippen molar-refractivity contribution >= 4 is 11.3 Å². The molecule has 0 unspecified atom stereocenters. The Morgan fingerprint density at radius 1 is 1.35 bits per heavy atom. The van der Waals surface area contributed by atoms with Crippen molar-refractivity contribution in [1.29, 1.82) is 0 Å². The van der Waals surface area contributed by atoms with Gasteiger partial charge in [-0.2, -0.15) is 0 Å². The average molecular weight is 294 g/mol. The number of aryl methyl sites for hydroxylation is 1. The largest absolute Gasteiger partial charge is 0.383 e. The highest BCUT2D eigenvalue weighted by Crippen LogP contribution is 2.31. The fourth-order valence-corrected chi connectivity index (χ4v) is 3.63. The fraction of sp³-hybridized carbons (Fsp3) is 0.750. The van der Waals surface area contributed by atoms with Crippen LogP contribution >= 0.6 is 11.3 Å². The van der Waals surface area contributed by atoms with Crippen LogP contribution in [0.1, 0.15) is 41.0 Å². The molecular formula is C16H26N2OS. The molecule has 20 heavy (non-hydrogen) atoms. The van der Waals surface area contributed by atoms with E-state index >= 15 is 0 Å². The minimum atomic E-state index is 0.797. The van der Waals surface area contributed by atoms with Gasteiger partial charge >= 0.3 is 0 Å². The number of methoxy groups -OCH3 is 1. The molecule has 2 fully saturated rings. The van der Waals surface area contributed by atoms with Gasteiger partial charge in [0.25, 0.3) is 0 Å². The van der Waals surface area contributed by atoms with E-state index in [0.29, 0.717) is 0 Å². The van der Waals surface area contributed by atoms with Crippen molar-refractivity contribution in [3.63, 3.8) is 0 Å². The van der Waals surface area contributed by atoms with Crippen molar-refractivity contribution in [3.05, 3.63) is 21.4 Å². The highest BCUT2D eigenvalue weighted by atomic mass is 32.1. The SMILES string of the molecule is COCCN(Cc1cc(CNC2CC2)sc1C)C1CC1. The van der Waals surface area contributed by atoms with Crippen molar-refractivity contribution in [2.45, 2.75) is 57.8 Å². The zero-order valence-corrected chi connectivity index (χ0v) is 13.5. The third-order valence-corrected chi connectivity index (χ3v) is 5.33. The number of hydrogen-bond acceptors (Lipinski definition) is 4. The Morgan fingerprint density at radius 3 is 2.80 bits per heavy atom. The van der Waals surface area contributed by atoms with Crippen molar-refractivity contribution in [2.24, 2.45) is 0 Å². The first-order chi connectivity index (χ1) is 9.76. The Bertz CT molecular complexity index is 438. The minimum absolute atomic E-state index is 0.797. The molecule has 0 bridgehead atoms. The molecule has 112 valence electrons. The van der Waals surface area contributed by atoms with Gasteiger partial charge in [0.2, 0.25) is 0 Å². The molecule has 3 nitrogen and oxygen atoms in total. The molecule has 2 aliphatic carbocycles. The summed E-state index contributed by atoms with van der Waals surface area (Å²) in [6.07, 6.45) is 5.46. The molecule has 0 aromatic carbocycles. The van der Waals surface area contributed by atoms with Crippen LogP contribution in [0.15, 0.2) is 6.07 Å². The molecule has 1 N–H and O–H groups in total. The van der Waals surface area contributed by atoms with E-state index in [1.54, 1.807) is 7.11 Å². The van der Waals surface area contributed by atoms with Gasteiger partial charge in [0.05, 0.1) is 6.61 Å². The van der Waals surface area contributed by atoms with Crippen LogP contribution in [0, 0.1) is 6.92 Å². The molecule has 0 saturated heterocycles. The lowest BCUT2D eigenvalue weighted by Crippen LogP contribution is -2.29. The Morgan fingerprint density at radius 2 is 2.15 bits per heavy atom.